The van der Waals surface area contributed by atoms with Crippen molar-refractivity contribution in [1.29, 1.82) is 0 Å². The fraction of sp³-hybridized carbons (Fsp3) is 0.455. The number of sulfonamides is 1. The molecular formula is C11H15BrClNO4S. The van der Waals surface area contributed by atoms with Gasteiger partial charge in [-0.1, -0.05) is 11.6 Å². The molecular weight excluding hydrogens is 358 g/mol. The molecule has 0 bridgehead atoms. The number of rotatable bonds is 6. The Morgan fingerprint density at radius 2 is 2.16 bits per heavy atom. The monoisotopic (exact) mass is 371 g/mol. The van der Waals surface area contributed by atoms with Crippen LogP contribution in [0.2, 0.25) is 5.02 Å². The molecule has 0 fully saturated rings. The molecule has 0 aliphatic rings. The van der Waals surface area contributed by atoms with E-state index >= 15 is 0 Å². The summed E-state index contributed by atoms with van der Waals surface area (Å²) in [6.07, 6.45) is -0.875. The van der Waals surface area contributed by atoms with Crippen molar-refractivity contribution in [2.75, 3.05) is 27.3 Å². The largest absolute Gasteiger partial charge is 0.389 e. The van der Waals surface area contributed by atoms with Crippen molar-refractivity contribution in [2.24, 2.45) is 0 Å². The zero-order chi connectivity index (χ0) is 14.6. The molecule has 1 atom stereocenters. The fourth-order valence-electron chi connectivity index (χ4n) is 1.46. The van der Waals surface area contributed by atoms with Crippen molar-refractivity contribution in [3.63, 3.8) is 0 Å². The lowest BCUT2D eigenvalue weighted by Crippen LogP contribution is -2.36. The fourth-order valence-corrected chi connectivity index (χ4v) is 3.34. The third-order valence-corrected chi connectivity index (χ3v) is 5.46. The number of hydrogen-bond acceptors (Lipinski definition) is 4. The van der Waals surface area contributed by atoms with E-state index < -0.39 is 16.1 Å². The highest BCUT2D eigenvalue weighted by molar-refractivity contribution is 9.10. The molecule has 0 spiro atoms. The molecule has 1 unspecified atom stereocenters. The lowest BCUT2D eigenvalue weighted by atomic mass is 10.4. The number of hydrogen-bond donors (Lipinski definition) is 1. The van der Waals surface area contributed by atoms with Crippen LogP contribution in [0.1, 0.15) is 0 Å². The first-order valence-corrected chi connectivity index (χ1v) is 7.98. The Bertz CT molecular complexity index is 537. The third-order valence-electron chi connectivity index (χ3n) is 2.43. The van der Waals surface area contributed by atoms with Crippen LogP contribution in [0.4, 0.5) is 0 Å². The van der Waals surface area contributed by atoms with Gasteiger partial charge in [0.2, 0.25) is 10.0 Å². The Morgan fingerprint density at radius 3 is 2.68 bits per heavy atom. The zero-order valence-electron chi connectivity index (χ0n) is 10.5. The first-order valence-electron chi connectivity index (χ1n) is 5.37. The van der Waals surface area contributed by atoms with Gasteiger partial charge in [0.1, 0.15) is 0 Å². The predicted octanol–water partition coefficient (Wildman–Crippen LogP) is 1.73. The summed E-state index contributed by atoms with van der Waals surface area (Å²) in [7, 11) is -0.824. The molecule has 0 aliphatic heterocycles. The van der Waals surface area contributed by atoms with E-state index in [0.29, 0.717) is 9.50 Å². The van der Waals surface area contributed by atoms with Crippen molar-refractivity contribution >= 4 is 37.6 Å². The van der Waals surface area contributed by atoms with E-state index in [4.69, 9.17) is 16.3 Å². The van der Waals surface area contributed by atoms with Crippen molar-refractivity contribution in [1.82, 2.24) is 4.31 Å². The van der Waals surface area contributed by atoms with Crippen molar-refractivity contribution in [2.45, 2.75) is 11.0 Å². The van der Waals surface area contributed by atoms with Crippen molar-refractivity contribution in [3.05, 3.63) is 27.7 Å². The Morgan fingerprint density at radius 1 is 1.53 bits per heavy atom. The summed E-state index contributed by atoms with van der Waals surface area (Å²) < 4.78 is 30.8. The van der Waals surface area contributed by atoms with Crippen LogP contribution in [0.15, 0.2) is 27.6 Å². The number of aliphatic hydroxyl groups is 1. The van der Waals surface area contributed by atoms with Gasteiger partial charge >= 0.3 is 0 Å². The van der Waals surface area contributed by atoms with Gasteiger partial charge in [0.05, 0.1) is 22.6 Å². The Hall–Kier alpha value is -0.180. The number of halogens is 2. The SMILES string of the molecule is COCC(O)CN(C)S(=O)(=O)c1ccc(Cl)c(Br)c1. The summed E-state index contributed by atoms with van der Waals surface area (Å²) in [5, 5.41) is 10.00. The molecule has 0 amide bonds. The topological polar surface area (TPSA) is 66.8 Å². The molecule has 0 aromatic heterocycles. The van der Waals surface area contributed by atoms with Gasteiger partial charge < -0.3 is 9.84 Å². The van der Waals surface area contributed by atoms with Crippen LogP contribution >= 0.6 is 27.5 Å². The summed E-state index contributed by atoms with van der Waals surface area (Å²) in [5.74, 6) is 0. The lowest BCUT2D eigenvalue weighted by molar-refractivity contribution is 0.0554. The number of aliphatic hydroxyl groups excluding tert-OH is 1. The van der Waals surface area contributed by atoms with Gasteiger partial charge in [-0.2, -0.15) is 4.31 Å². The average molecular weight is 373 g/mol. The normalized spacial score (nSPS) is 13.8. The Labute approximate surface area is 126 Å². The summed E-state index contributed by atoms with van der Waals surface area (Å²) in [6, 6.07) is 4.34. The minimum absolute atomic E-state index is 0.0452. The summed E-state index contributed by atoms with van der Waals surface area (Å²) >= 11 is 9.00. The van der Waals surface area contributed by atoms with Gasteiger partial charge in [0, 0.05) is 25.2 Å². The van der Waals surface area contributed by atoms with E-state index in [1.54, 1.807) is 0 Å². The molecule has 0 saturated carbocycles. The van der Waals surface area contributed by atoms with Crippen molar-refractivity contribution < 1.29 is 18.3 Å². The molecule has 8 heteroatoms. The first kappa shape index (κ1) is 16.9. The first-order chi connectivity index (χ1) is 8.78. The van der Waals surface area contributed by atoms with Crippen LogP contribution in [-0.4, -0.2) is 51.2 Å². The van der Waals surface area contributed by atoms with Gasteiger partial charge in [-0.25, -0.2) is 8.42 Å². The van der Waals surface area contributed by atoms with Gasteiger partial charge in [-0.3, -0.25) is 0 Å². The summed E-state index contributed by atoms with van der Waals surface area (Å²) in [4.78, 5) is 0.107. The average Bonchev–Trinajstić information content (AvgIpc) is 2.32. The second-order valence-corrected chi connectivity index (χ2v) is 7.28. The number of nitrogens with zero attached hydrogens (tertiary/aromatic N) is 1. The third kappa shape index (κ3) is 4.40. The van der Waals surface area contributed by atoms with Crippen LogP contribution in [0, 0.1) is 0 Å². The minimum atomic E-state index is -3.66. The molecule has 0 aliphatic carbocycles. The van der Waals surface area contributed by atoms with Gasteiger partial charge in [0.15, 0.2) is 0 Å². The highest BCUT2D eigenvalue weighted by atomic mass is 79.9. The van der Waals surface area contributed by atoms with Crippen LogP contribution < -0.4 is 0 Å². The molecule has 1 N–H and O–H groups in total. The van der Waals surface area contributed by atoms with Crippen LogP contribution in [-0.2, 0) is 14.8 Å². The Balaban J connectivity index is 2.93. The quantitative estimate of drug-likeness (QED) is 0.826. The van der Waals surface area contributed by atoms with E-state index in [0.717, 1.165) is 4.31 Å². The van der Waals surface area contributed by atoms with Crippen LogP contribution in [0.5, 0.6) is 0 Å². The molecule has 0 saturated heterocycles. The molecule has 0 heterocycles. The maximum Gasteiger partial charge on any atom is 0.242 e. The molecule has 1 aromatic carbocycles. The highest BCUT2D eigenvalue weighted by Crippen LogP contribution is 2.26. The maximum atomic E-state index is 12.2. The lowest BCUT2D eigenvalue weighted by Gasteiger charge is -2.20. The van der Waals surface area contributed by atoms with Crippen LogP contribution in [0.3, 0.4) is 0 Å². The number of likely N-dealkylation sites (N-methyl/N-ethyl adjacent to an activating group) is 1. The number of ether oxygens (including phenoxy) is 1. The van der Waals surface area contributed by atoms with E-state index in [1.807, 2.05) is 0 Å². The van der Waals surface area contributed by atoms with Gasteiger partial charge in [-0.15, -0.1) is 0 Å². The van der Waals surface area contributed by atoms with Gasteiger partial charge in [0.25, 0.3) is 0 Å². The molecule has 5 nitrogen and oxygen atoms in total. The second-order valence-electron chi connectivity index (χ2n) is 3.97. The summed E-state index contributed by atoms with van der Waals surface area (Å²) in [6.45, 7) is 0.0284. The maximum absolute atomic E-state index is 12.2. The Kier molecular flexibility index (Phi) is 6.22. The van der Waals surface area contributed by atoms with Crippen molar-refractivity contribution in [3.8, 4) is 0 Å². The predicted molar refractivity (Wildman–Crippen MR) is 76.9 cm³/mol. The molecule has 1 aromatic rings. The van der Waals surface area contributed by atoms with E-state index in [1.165, 1.54) is 32.4 Å². The summed E-state index contributed by atoms with van der Waals surface area (Å²) in [5.41, 5.74) is 0. The van der Waals surface area contributed by atoms with E-state index in [2.05, 4.69) is 15.9 Å². The smallest absolute Gasteiger partial charge is 0.242 e. The van der Waals surface area contributed by atoms with E-state index in [9.17, 15) is 13.5 Å². The van der Waals surface area contributed by atoms with Gasteiger partial charge in [-0.05, 0) is 34.1 Å². The number of methoxy groups -OCH3 is 1. The molecule has 19 heavy (non-hydrogen) atoms. The second kappa shape index (κ2) is 7.01. The number of benzene rings is 1. The van der Waals surface area contributed by atoms with E-state index in [-0.39, 0.29) is 18.0 Å². The zero-order valence-corrected chi connectivity index (χ0v) is 13.7. The molecule has 108 valence electrons. The molecule has 1 rings (SSSR count). The highest BCUT2D eigenvalue weighted by Gasteiger charge is 2.23. The minimum Gasteiger partial charge on any atom is -0.389 e. The molecule has 0 radical (unpaired) electrons. The standard InChI is InChI=1S/C11H15BrClNO4S/c1-14(6-8(15)7-18-2)19(16,17)9-3-4-11(13)10(12)5-9/h3-5,8,15H,6-7H2,1-2H3. The van der Waals surface area contributed by atoms with Crippen LogP contribution in [0.25, 0.3) is 0 Å².